The van der Waals surface area contributed by atoms with Gasteiger partial charge in [0, 0.05) is 11.6 Å². The standard InChI is InChI=1S/C13H15IN4O2S/c1-8(2)18-21(19,20)10-5-3-4-9(6-10)11-7-16-13(15)12(14)17-11/h3-8,18H,1-2H3,(H2,15,16). The third-order valence-corrected chi connectivity index (χ3v) is 5.04. The number of nitrogens with two attached hydrogens (primary N) is 1. The van der Waals surface area contributed by atoms with Crippen molar-refractivity contribution in [3.63, 3.8) is 0 Å². The lowest BCUT2D eigenvalue weighted by molar-refractivity contribution is 0.570. The van der Waals surface area contributed by atoms with Crippen LogP contribution in [0.3, 0.4) is 0 Å². The van der Waals surface area contributed by atoms with Gasteiger partial charge in [-0.3, -0.25) is 0 Å². The first-order chi connectivity index (χ1) is 9.79. The molecule has 1 aromatic heterocycles. The minimum atomic E-state index is -3.53. The molecule has 0 atom stereocenters. The van der Waals surface area contributed by atoms with Crippen LogP contribution in [-0.2, 0) is 10.0 Å². The molecule has 2 rings (SSSR count). The summed E-state index contributed by atoms with van der Waals surface area (Å²) in [7, 11) is -3.53. The van der Waals surface area contributed by atoms with E-state index >= 15 is 0 Å². The third kappa shape index (κ3) is 3.89. The second kappa shape index (κ2) is 6.24. The maximum Gasteiger partial charge on any atom is 0.240 e. The molecule has 0 bridgehead atoms. The summed E-state index contributed by atoms with van der Waals surface area (Å²) in [5, 5.41) is 0. The van der Waals surface area contributed by atoms with Crippen molar-refractivity contribution in [3.8, 4) is 11.3 Å². The van der Waals surface area contributed by atoms with Crippen molar-refractivity contribution in [1.82, 2.24) is 14.7 Å². The van der Waals surface area contributed by atoms with Crippen LogP contribution in [0.15, 0.2) is 35.4 Å². The molecule has 0 amide bonds. The monoisotopic (exact) mass is 418 g/mol. The molecule has 6 nitrogen and oxygen atoms in total. The van der Waals surface area contributed by atoms with E-state index < -0.39 is 10.0 Å². The topological polar surface area (TPSA) is 98.0 Å². The van der Waals surface area contributed by atoms with Gasteiger partial charge in [0.05, 0.1) is 16.8 Å². The van der Waals surface area contributed by atoms with E-state index in [1.807, 2.05) is 22.6 Å². The van der Waals surface area contributed by atoms with Crippen LogP contribution in [0.1, 0.15) is 13.8 Å². The molecule has 0 aliphatic carbocycles. The minimum absolute atomic E-state index is 0.170. The highest BCUT2D eigenvalue weighted by Crippen LogP contribution is 2.22. The Balaban J connectivity index is 2.44. The van der Waals surface area contributed by atoms with Gasteiger partial charge in [0.1, 0.15) is 3.70 Å². The summed E-state index contributed by atoms with van der Waals surface area (Å²) in [6, 6.07) is 6.40. The van der Waals surface area contributed by atoms with Crippen LogP contribution in [0.25, 0.3) is 11.3 Å². The number of hydrogen-bond acceptors (Lipinski definition) is 5. The first kappa shape index (κ1) is 16.1. The Labute approximate surface area is 137 Å². The second-order valence-electron chi connectivity index (χ2n) is 4.74. The molecule has 0 saturated carbocycles. The van der Waals surface area contributed by atoms with Gasteiger partial charge in [0.2, 0.25) is 10.0 Å². The van der Waals surface area contributed by atoms with Crippen molar-refractivity contribution in [2.45, 2.75) is 24.8 Å². The Morgan fingerprint density at radius 2 is 2.05 bits per heavy atom. The molecule has 0 unspecified atom stereocenters. The molecule has 0 fully saturated rings. The van der Waals surface area contributed by atoms with Gasteiger partial charge in [-0.1, -0.05) is 12.1 Å². The molecule has 2 aromatic rings. The predicted octanol–water partition coefficient (Wildman–Crippen LogP) is 2.02. The van der Waals surface area contributed by atoms with E-state index in [2.05, 4.69) is 14.7 Å². The lowest BCUT2D eigenvalue weighted by atomic mass is 10.2. The maximum atomic E-state index is 12.2. The van der Waals surface area contributed by atoms with Crippen LogP contribution in [-0.4, -0.2) is 24.4 Å². The first-order valence-electron chi connectivity index (χ1n) is 6.20. The Hall–Kier alpha value is -1.26. The van der Waals surface area contributed by atoms with Gasteiger partial charge >= 0.3 is 0 Å². The summed E-state index contributed by atoms with van der Waals surface area (Å²) in [5.41, 5.74) is 6.89. The van der Waals surface area contributed by atoms with E-state index in [-0.39, 0.29) is 10.9 Å². The lowest BCUT2D eigenvalue weighted by Crippen LogP contribution is -2.30. The Bertz CT molecular complexity index is 763. The predicted molar refractivity (Wildman–Crippen MR) is 90.1 cm³/mol. The highest BCUT2D eigenvalue weighted by molar-refractivity contribution is 14.1. The number of hydrogen-bond donors (Lipinski definition) is 2. The molecule has 0 radical (unpaired) electrons. The fourth-order valence-corrected chi connectivity index (χ4v) is 3.41. The van der Waals surface area contributed by atoms with Crippen LogP contribution in [0.4, 0.5) is 5.82 Å². The van der Waals surface area contributed by atoms with Gasteiger partial charge in [0.25, 0.3) is 0 Å². The zero-order chi connectivity index (χ0) is 15.6. The van der Waals surface area contributed by atoms with E-state index in [1.54, 1.807) is 38.1 Å². The number of nitrogens with zero attached hydrogens (tertiary/aromatic N) is 2. The van der Waals surface area contributed by atoms with Crippen LogP contribution >= 0.6 is 22.6 Å². The number of nitrogen functional groups attached to an aromatic ring is 1. The molecule has 0 spiro atoms. The molecule has 3 N–H and O–H groups in total. The molecule has 1 heterocycles. The molecule has 1 aromatic carbocycles. The summed E-state index contributed by atoms with van der Waals surface area (Å²) in [5.74, 6) is 0.351. The van der Waals surface area contributed by atoms with Crippen LogP contribution < -0.4 is 10.5 Å². The molecule has 112 valence electrons. The lowest BCUT2D eigenvalue weighted by Gasteiger charge is -2.10. The van der Waals surface area contributed by atoms with E-state index in [1.165, 1.54) is 6.20 Å². The number of sulfonamides is 1. The van der Waals surface area contributed by atoms with Crippen molar-refractivity contribution >= 4 is 38.4 Å². The van der Waals surface area contributed by atoms with Gasteiger partial charge in [-0.25, -0.2) is 23.1 Å². The highest BCUT2D eigenvalue weighted by atomic mass is 127. The van der Waals surface area contributed by atoms with Gasteiger partial charge < -0.3 is 5.73 Å². The Morgan fingerprint density at radius 1 is 1.33 bits per heavy atom. The summed E-state index contributed by atoms with van der Waals surface area (Å²) in [4.78, 5) is 8.55. The third-order valence-electron chi connectivity index (χ3n) is 2.59. The number of nitrogens with one attached hydrogen (secondary N) is 1. The molecular formula is C13H15IN4O2S. The summed E-state index contributed by atoms with van der Waals surface area (Å²) >= 11 is 1.99. The summed E-state index contributed by atoms with van der Waals surface area (Å²) in [6.07, 6.45) is 1.53. The number of benzene rings is 1. The average molecular weight is 418 g/mol. The minimum Gasteiger partial charge on any atom is -0.382 e. The second-order valence-corrected chi connectivity index (χ2v) is 7.47. The smallest absolute Gasteiger partial charge is 0.240 e. The molecule has 8 heteroatoms. The van der Waals surface area contributed by atoms with Crippen molar-refractivity contribution < 1.29 is 8.42 Å². The largest absolute Gasteiger partial charge is 0.382 e. The molecular weight excluding hydrogens is 403 g/mol. The number of halogens is 1. The van der Waals surface area contributed by atoms with Crippen LogP contribution in [0.5, 0.6) is 0 Å². The van der Waals surface area contributed by atoms with Crippen molar-refractivity contribution in [2.75, 3.05) is 5.73 Å². The normalized spacial score (nSPS) is 11.8. The van der Waals surface area contributed by atoms with Crippen molar-refractivity contribution in [3.05, 3.63) is 34.2 Å². The van der Waals surface area contributed by atoms with E-state index in [0.717, 1.165) is 0 Å². The zero-order valence-corrected chi connectivity index (χ0v) is 14.5. The van der Waals surface area contributed by atoms with Crippen molar-refractivity contribution in [2.24, 2.45) is 0 Å². The average Bonchev–Trinajstić information content (AvgIpc) is 2.41. The summed E-state index contributed by atoms with van der Waals surface area (Å²) < 4.78 is 27.5. The fourth-order valence-electron chi connectivity index (χ4n) is 1.72. The van der Waals surface area contributed by atoms with E-state index in [0.29, 0.717) is 20.8 Å². The van der Waals surface area contributed by atoms with E-state index in [9.17, 15) is 8.42 Å². The molecule has 0 saturated heterocycles. The Morgan fingerprint density at radius 3 is 2.67 bits per heavy atom. The molecule has 0 aliphatic rings. The van der Waals surface area contributed by atoms with Gasteiger partial charge in [-0.05, 0) is 48.6 Å². The Kier molecular flexibility index (Phi) is 4.79. The molecule has 21 heavy (non-hydrogen) atoms. The maximum absolute atomic E-state index is 12.2. The van der Waals surface area contributed by atoms with Crippen LogP contribution in [0.2, 0.25) is 0 Å². The SMILES string of the molecule is CC(C)NS(=O)(=O)c1cccc(-c2cnc(N)c(I)n2)c1. The van der Waals surface area contributed by atoms with Gasteiger partial charge in [-0.15, -0.1) is 0 Å². The molecule has 0 aliphatic heterocycles. The quantitative estimate of drug-likeness (QED) is 0.741. The fraction of sp³-hybridized carbons (Fsp3) is 0.231. The highest BCUT2D eigenvalue weighted by Gasteiger charge is 2.16. The number of aromatic nitrogens is 2. The van der Waals surface area contributed by atoms with Gasteiger partial charge in [-0.2, -0.15) is 0 Å². The number of anilines is 1. The van der Waals surface area contributed by atoms with Crippen LogP contribution in [0, 0.1) is 3.70 Å². The number of rotatable bonds is 4. The first-order valence-corrected chi connectivity index (χ1v) is 8.76. The van der Waals surface area contributed by atoms with Gasteiger partial charge in [0.15, 0.2) is 5.82 Å². The van der Waals surface area contributed by atoms with Crippen molar-refractivity contribution in [1.29, 1.82) is 0 Å². The zero-order valence-electron chi connectivity index (χ0n) is 11.5. The summed E-state index contributed by atoms with van der Waals surface area (Å²) in [6.45, 7) is 3.55. The van der Waals surface area contributed by atoms with E-state index in [4.69, 9.17) is 5.73 Å².